The van der Waals surface area contributed by atoms with Crippen LogP contribution < -0.4 is 10.6 Å². The van der Waals surface area contributed by atoms with Crippen LogP contribution in [0.2, 0.25) is 0 Å². The van der Waals surface area contributed by atoms with Crippen molar-refractivity contribution in [1.29, 1.82) is 0 Å². The predicted molar refractivity (Wildman–Crippen MR) is 87.5 cm³/mol. The Labute approximate surface area is 139 Å². The number of nitrogens with zero attached hydrogens (tertiary/aromatic N) is 3. The molecule has 0 radical (unpaired) electrons. The maximum absolute atomic E-state index is 13.3. The van der Waals surface area contributed by atoms with Gasteiger partial charge in [0.05, 0.1) is 12.2 Å². The number of benzene rings is 1. The summed E-state index contributed by atoms with van der Waals surface area (Å²) in [4.78, 5) is 12.2. The van der Waals surface area contributed by atoms with E-state index < -0.39 is 0 Å². The van der Waals surface area contributed by atoms with Crippen molar-refractivity contribution in [2.45, 2.75) is 25.8 Å². The minimum atomic E-state index is -0.384. The van der Waals surface area contributed by atoms with Crippen molar-refractivity contribution in [3.05, 3.63) is 41.5 Å². The maximum Gasteiger partial charge on any atom is 0.277 e. The standard InChI is InChI=1S/C15H18FN5O.ClH/c1-10-6-11(16)8-12(7-10)18-15(22)14-9-21(20-19-14)13-2-4-17-5-3-13;/h6-9,13,17H,2-5H2,1H3,(H,18,22);1H. The van der Waals surface area contributed by atoms with Crippen LogP contribution in [-0.2, 0) is 0 Å². The molecule has 0 atom stereocenters. The van der Waals surface area contributed by atoms with E-state index in [2.05, 4.69) is 20.9 Å². The fraction of sp³-hybridized carbons (Fsp3) is 0.400. The van der Waals surface area contributed by atoms with Crippen molar-refractivity contribution in [1.82, 2.24) is 20.3 Å². The van der Waals surface area contributed by atoms with Gasteiger partial charge in [-0.3, -0.25) is 4.79 Å². The molecule has 0 spiro atoms. The highest BCUT2D eigenvalue weighted by Gasteiger charge is 2.18. The molecule has 0 aliphatic carbocycles. The van der Waals surface area contributed by atoms with Crippen LogP contribution in [0.15, 0.2) is 24.4 Å². The fourth-order valence-corrected chi connectivity index (χ4v) is 2.63. The molecule has 23 heavy (non-hydrogen) atoms. The number of rotatable bonds is 3. The van der Waals surface area contributed by atoms with Crippen molar-refractivity contribution < 1.29 is 9.18 Å². The van der Waals surface area contributed by atoms with Gasteiger partial charge < -0.3 is 10.6 Å². The molecular formula is C15H19ClFN5O. The van der Waals surface area contributed by atoms with Gasteiger partial charge in [0.1, 0.15) is 5.82 Å². The van der Waals surface area contributed by atoms with Crippen LogP contribution in [0, 0.1) is 12.7 Å². The highest BCUT2D eigenvalue weighted by atomic mass is 35.5. The molecule has 0 unspecified atom stereocenters. The number of hydrogen-bond acceptors (Lipinski definition) is 4. The molecular weight excluding hydrogens is 321 g/mol. The normalized spacial score (nSPS) is 15.0. The number of anilines is 1. The first-order valence-corrected chi connectivity index (χ1v) is 7.33. The zero-order valence-electron chi connectivity index (χ0n) is 12.8. The number of carbonyl (C=O) groups is 1. The second-order valence-corrected chi connectivity index (χ2v) is 5.54. The van der Waals surface area contributed by atoms with E-state index in [1.54, 1.807) is 23.9 Å². The van der Waals surface area contributed by atoms with Crippen molar-refractivity contribution >= 4 is 24.0 Å². The topological polar surface area (TPSA) is 71.8 Å². The summed E-state index contributed by atoms with van der Waals surface area (Å²) in [5.41, 5.74) is 1.40. The molecule has 6 nitrogen and oxygen atoms in total. The number of nitrogens with one attached hydrogen (secondary N) is 2. The Morgan fingerprint density at radius 3 is 2.78 bits per heavy atom. The van der Waals surface area contributed by atoms with Gasteiger partial charge in [-0.25, -0.2) is 9.07 Å². The van der Waals surface area contributed by atoms with Crippen LogP contribution in [0.4, 0.5) is 10.1 Å². The smallest absolute Gasteiger partial charge is 0.277 e. The Morgan fingerprint density at radius 2 is 2.09 bits per heavy atom. The number of hydrogen-bond donors (Lipinski definition) is 2. The Morgan fingerprint density at radius 1 is 1.35 bits per heavy atom. The monoisotopic (exact) mass is 339 g/mol. The third-order valence-electron chi connectivity index (χ3n) is 3.73. The van der Waals surface area contributed by atoms with E-state index >= 15 is 0 Å². The van der Waals surface area contributed by atoms with Crippen molar-refractivity contribution in [3.8, 4) is 0 Å². The third-order valence-corrected chi connectivity index (χ3v) is 3.73. The van der Waals surface area contributed by atoms with Gasteiger partial charge in [-0.15, -0.1) is 17.5 Å². The van der Waals surface area contributed by atoms with Gasteiger partial charge in [-0.05, 0) is 56.6 Å². The molecule has 2 heterocycles. The summed E-state index contributed by atoms with van der Waals surface area (Å²) < 4.78 is 15.1. The van der Waals surface area contributed by atoms with Gasteiger partial charge in [0.15, 0.2) is 5.69 Å². The van der Waals surface area contributed by atoms with Gasteiger partial charge in [-0.1, -0.05) is 5.21 Å². The van der Waals surface area contributed by atoms with Crippen LogP contribution in [0.3, 0.4) is 0 Å². The number of piperidine rings is 1. The Bertz CT molecular complexity index is 664. The summed E-state index contributed by atoms with van der Waals surface area (Å²) in [6, 6.07) is 4.66. The average Bonchev–Trinajstić information content (AvgIpc) is 2.97. The number of halogens is 2. The Hall–Kier alpha value is -1.99. The number of aryl methyl sites for hydroxylation is 1. The highest BCUT2D eigenvalue weighted by molar-refractivity contribution is 6.02. The number of aromatic nitrogens is 3. The van der Waals surface area contributed by atoms with Crippen molar-refractivity contribution in [2.75, 3.05) is 18.4 Å². The molecule has 1 aromatic carbocycles. The third kappa shape index (κ3) is 4.27. The molecule has 3 rings (SSSR count). The van der Waals surface area contributed by atoms with Crippen LogP contribution >= 0.6 is 12.4 Å². The molecule has 1 aliphatic rings. The molecule has 0 saturated carbocycles. The summed E-state index contributed by atoms with van der Waals surface area (Å²) in [6.07, 6.45) is 3.58. The van der Waals surface area contributed by atoms with Crippen LogP contribution in [0.1, 0.15) is 34.9 Å². The van der Waals surface area contributed by atoms with Crippen molar-refractivity contribution in [3.63, 3.8) is 0 Å². The largest absolute Gasteiger partial charge is 0.320 e. The molecule has 1 fully saturated rings. The van der Waals surface area contributed by atoms with E-state index in [0.717, 1.165) is 31.5 Å². The zero-order chi connectivity index (χ0) is 15.5. The predicted octanol–water partition coefficient (Wildman–Crippen LogP) is 2.32. The van der Waals surface area contributed by atoms with Gasteiger partial charge in [-0.2, -0.15) is 0 Å². The molecule has 124 valence electrons. The average molecular weight is 340 g/mol. The lowest BCUT2D eigenvalue weighted by Crippen LogP contribution is -2.29. The maximum atomic E-state index is 13.3. The first-order valence-electron chi connectivity index (χ1n) is 7.33. The molecule has 1 amide bonds. The van der Waals surface area contributed by atoms with Crippen LogP contribution in [0.25, 0.3) is 0 Å². The highest BCUT2D eigenvalue weighted by Crippen LogP contribution is 2.18. The van der Waals surface area contributed by atoms with Crippen LogP contribution in [0.5, 0.6) is 0 Å². The molecule has 1 aromatic heterocycles. The van der Waals surface area contributed by atoms with E-state index in [1.165, 1.54) is 12.1 Å². The van der Waals surface area contributed by atoms with Gasteiger partial charge in [0, 0.05) is 5.69 Å². The Balaban J connectivity index is 0.00000192. The zero-order valence-corrected chi connectivity index (χ0v) is 13.6. The van der Waals surface area contributed by atoms with E-state index in [4.69, 9.17) is 0 Å². The number of amides is 1. The van der Waals surface area contributed by atoms with E-state index in [-0.39, 0.29) is 35.9 Å². The van der Waals surface area contributed by atoms with E-state index in [0.29, 0.717) is 5.69 Å². The second-order valence-electron chi connectivity index (χ2n) is 5.54. The summed E-state index contributed by atoms with van der Waals surface area (Å²) in [5, 5.41) is 13.9. The molecule has 1 aliphatic heterocycles. The van der Waals surface area contributed by atoms with E-state index in [1.807, 2.05) is 0 Å². The van der Waals surface area contributed by atoms with Crippen molar-refractivity contribution in [2.24, 2.45) is 0 Å². The first-order chi connectivity index (χ1) is 10.6. The molecule has 2 N–H and O–H groups in total. The summed E-state index contributed by atoms with van der Waals surface area (Å²) in [6.45, 7) is 3.65. The molecule has 0 bridgehead atoms. The lowest BCUT2D eigenvalue weighted by Gasteiger charge is -2.22. The van der Waals surface area contributed by atoms with E-state index in [9.17, 15) is 9.18 Å². The molecule has 1 saturated heterocycles. The lowest BCUT2D eigenvalue weighted by atomic mass is 10.1. The minimum absolute atomic E-state index is 0. The quantitative estimate of drug-likeness (QED) is 0.900. The lowest BCUT2D eigenvalue weighted by molar-refractivity contribution is 0.102. The summed E-state index contributed by atoms with van der Waals surface area (Å²) in [5.74, 6) is -0.765. The first kappa shape index (κ1) is 17.4. The van der Waals surface area contributed by atoms with Crippen LogP contribution in [-0.4, -0.2) is 34.0 Å². The summed E-state index contributed by atoms with van der Waals surface area (Å²) >= 11 is 0. The van der Waals surface area contributed by atoms with Gasteiger partial charge in [0.25, 0.3) is 5.91 Å². The van der Waals surface area contributed by atoms with Gasteiger partial charge in [0.2, 0.25) is 0 Å². The van der Waals surface area contributed by atoms with Gasteiger partial charge >= 0.3 is 0 Å². The SMILES string of the molecule is Cc1cc(F)cc(NC(=O)c2cn(C3CCNCC3)nn2)c1.Cl. The number of carbonyl (C=O) groups excluding carboxylic acids is 1. The molecule has 2 aromatic rings. The molecule has 8 heteroatoms. The fourth-order valence-electron chi connectivity index (χ4n) is 2.63. The Kier molecular flexibility index (Phi) is 5.68. The second kappa shape index (κ2) is 7.52. The minimum Gasteiger partial charge on any atom is -0.320 e. The summed E-state index contributed by atoms with van der Waals surface area (Å²) in [7, 11) is 0.